The average Bonchev–Trinajstić information content (AvgIpc) is 3.44. The van der Waals surface area contributed by atoms with Crippen LogP contribution in [-0.2, 0) is 33.7 Å². The number of carbonyl (C=O) groups excluding carboxylic acids is 3. The van der Waals surface area contributed by atoms with Crippen LogP contribution in [0.3, 0.4) is 0 Å². The van der Waals surface area contributed by atoms with Crippen LogP contribution in [0.1, 0.15) is 55.5 Å². The van der Waals surface area contributed by atoms with E-state index in [-0.39, 0.29) is 25.9 Å². The number of rotatable bonds is 13. The molecule has 0 spiro atoms. The van der Waals surface area contributed by atoms with Gasteiger partial charge in [0.15, 0.2) is 0 Å². The molecule has 268 valence electrons. The van der Waals surface area contributed by atoms with Gasteiger partial charge in [0.1, 0.15) is 11.6 Å². The molecule has 0 bridgehead atoms. The molecule has 0 saturated heterocycles. The van der Waals surface area contributed by atoms with Gasteiger partial charge in [0.05, 0.1) is 19.3 Å². The van der Waals surface area contributed by atoms with Gasteiger partial charge in [-0.3, -0.25) is 20.0 Å². The molecule has 0 aliphatic heterocycles. The molecule has 5 rings (SSSR count). The van der Waals surface area contributed by atoms with Gasteiger partial charge in [0, 0.05) is 44.7 Å². The number of alkyl carbamates (subject to hydrolysis) is 1. The Hall–Kier alpha value is -5.10. The first-order valence-corrected chi connectivity index (χ1v) is 17.1. The second-order valence-electron chi connectivity index (χ2n) is 14.1. The number of aromatic nitrogens is 1. The minimum Gasteiger partial charge on any atom is -0.453 e. The van der Waals surface area contributed by atoms with Crippen molar-refractivity contribution in [3.8, 4) is 11.1 Å². The van der Waals surface area contributed by atoms with Crippen LogP contribution in [0.2, 0.25) is 0 Å². The fourth-order valence-electron chi connectivity index (χ4n) is 6.36. The maximum absolute atomic E-state index is 14.1. The Morgan fingerprint density at radius 1 is 0.922 bits per heavy atom. The van der Waals surface area contributed by atoms with Crippen molar-refractivity contribution in [2.24, 2.45) is 5.41 Å². The number of amides is 3. The summed E-state index contributed by atoms with van der Waals surface area (Å²) in [6.07, 6.45) is 2.24. The SMILES string of the molecule is COC(=O)N[C@H](C(=O)NN(CC[C@](O)(Cc1ccccc1)C(=O)NC1c2ccccc2C[C@H]1O)Cc1ccc(-c2cccnc2)cc1)C(C)(C)C. The summed E-state index contributed by atoms with van der Waals surface area (Å²) in [5, 5.41) is 30.3. The first kappa shape index (κ1) is 37.2. The van der Waals surface area contributed by atoms with E-state index in [0.29, 0.717) is 6.42 Å². The highest BCUT2D eigenvalue weighted by atomic mass is 16.5. The van der Waals surface area contributed by atoms with Crippen molar-refractivity contribution < 1.29 is 29.3 Å². The van der Waals surface area contributed by atoms with Gasteiger partial charge in [0.25, 0.3) is 11.8 Å². The molecule has 1 aliphatic rings. The number of hydrogen-bond acceptors (Lipinski definition) is 8. The van der Waals surface area contributed by atoms with Crippen molar-refractivity contribution in [1.29, 1.82) is 0 Å². The summed E-state index contributed by atoms with van der Waals surface area (Å²) >= 11 is 0. The van der Waals surface area contributed by atoms with Crippen LogP contribution >= 0.6 is 0 Å². The standard InChI is InChI=1S/C40H47N5O6/c1-39(2,3)35(43-38(49)51-4)36(47)44-45(26-28-16-18-29(19-17-28)31-14-10-21-41-25-31)22-20-40(50,24-27-11-6-5-7-12-27)37(48)42-34-32-15-9-8-13-30(32)23-33(34)46/h5-19,21,25,33-35,46,50H,20,22-24,26H2,1-4H3,(H,42,48)(H,43,49)(H,44,47)/t33-,34?,35-,40+/m1/s1. The number of ether oxygens (including phenoxy) is 1. The predicted octanol–water partition coefficient (Wildman–Crippen LogP) is 4.49. The lowest BCUT2D eigenvalue weighted by atomic mass is 9.86. The Kier molecular flexibility index (Phi) is 11.9. The number of aliphatic hydroxyl groups excluding tert-OH is 1. The number of nitrogens with one attached hydrogen (secondary N) is 3. The van der Waals surface area contributed by atoms with E-state index < -0.39 is 47.1 Å². The smallest absolute Gasteiger partial charge is 0.407 e. The summed E-state index contributed by atoms with van der Waals surface area (Å²) in [7, 11) is 1.23. The number of nitrogens with zero attached hydrogens (tertiary/aromatic N) is 2. The van der Waals surface area contributed by atoms with Crippen molar-refractivity contribution in [2.75, 3.05) is 13.7 Å². The number of fused-ring (bicyclic) bond motifs is 1. The highest BCUT2D eigenvalue weighted by Gasteiger charge is 2.41. The summed E-state index contributed by atoms with van der Waals surface area (Å²) in [6, 6.07) is 26.8. The van der Waals surface area contributed by atoms with Gasteiger partial charge in [-0.05, 0) is 44.9 Å². The molecule has 1 unspecified atom stereocenters. The normalized spacial score (nSPS) is 17.2. The van der Waals surface area contributed by atoms with Crippen LogP contribution in [0.4, 0.5) is 4.79 Å². The van der Waals surface area contributed by atoms with E-state index in [1.807, 2.05) is 112 Å². The first-order valence-electron chi connectivity index (χ1n) is 17.1. The number of pyridine rings is 1. The van der Waals surface area contributed by atoms with Gasteiger partial charge in [-0.15, -0.1) is 0 Å². The fourth-order valence-corrected chi connectivity index (χ4v) is 6.36. The number of benzene rings is 3. The van der Waals surface area contributed by atoms with E-state index in [0.717, 1.165) is 33.4 Å². The molecule has 0 fully saturated rings. The zero-order valence-electron chi connectivity index (χ0n) is 29.5. The third-order valence-electron chi connectivity index (χ3n) is 9.21. The minimum absolute atomic E-state index is 0.000240. The van der Waals surface area contributed by atoms with E-state index in [1.54, 1.807) is 17.4 Å². The van der Waals surface area contributed by atoms with Crippen LogP contribution in [0.5, 0.6) is 0 Å². The van der Waals surface area contributed by atoms with Gasteiger partial charge >= 0.3 is 6.09 Å². The third kappa shape index (κ3) is 9.57. The minimum atomic E-state index is -1.92. The van der Waals surface area contributed by atoms with Crippen LogP contribution < -0.4 is 16.1 Å². The highest BCUT2D eigenvalue weighted by molar-refractivity contribution is 5.87. The molecule has 4 atom stereocenters. The molecule has 1 aromatic heterocycles. The molecular formula is C40H47N5O6. The number of carbonyl (C=O) groups is 3. The van der Waals surface area contributed by atoms with E-state index in [1.165, 1.54) is 7.11 Å². The maximum Gasteiger partial charge on any atom is 0.407 e. The van der Waals surface area contributed by atoms with Gasteiger partial charge in [0.2, 0.25) is 0 Å². The monoisotopic (exact) mass is 693 g/mol. The maximum atomic E-state index is 14.1. The van der Waals surface area contributed by atoms with Gasteiger partial charge in [-0.1, -0.05) is 106 Å². The van der Waals surface area contributed by atoms with Gasteiger partial charge in [-0.25, -0.2) is 9.80 Å². The lowest BCUT2D eigenvalue weighted by molar-refractivity contribution is -0.143. The number of hydrazine groups is 1. The number of methoxy groups -OCH3 is 1. The molecule has 1 heterocycles. The quantitative estimate of drug-likeness (QED) is 0.129. The fraction of sp³-hybridized carbons (Fsp3) is 0.350. The molecule has 3 aromatic carbocycles. The molecule has 3 amide bonds. The molecule has 0 radical (unpaired) electrons. The van der Waals surface area contributed by atoms with Crippen molar-refractivity contribution >= 4 is 17.9 Å². The Morgan fingerprint density at radius 2 is 1.63 bits per heavy atom. The highest BCUT2D eigenvalue weighted by Crippen LogP contribution is 2.32. The van der Waals surface area contributed by atoms with Crippen molar-refractivity contribution in [2.45, 2.75) is 70.4 Å². The summed E-state index contributed by atoms with van der Waals surface area (Å²) in [5.74, 6) is -1.11. The van der Waals surface area contributed by atoms with E-state index in [2.05, 4.69) is 21.0 Å². The first-order chi connectivity index (χ1) is 24.4. The van der Waals surface area contributed by atoms with Crippen molar-refractivity contribution in [3.63, 3.8) is 0 Å². The number of hydrogen-bond donors (Lipinski definition) is 5. The van der Waals surface area contributed by atoms with Crippen molar-refractivity contribution in [1.82, 2.24) is 26.1 Å². The Balaban J connectivity index is 1.41. The molecule has 5 N–H and O–H groups in total. The molecule has 0 saturated carbocycles. The number of aliphatic hydroxyl groups is 2. The second-order valence-corrected chi connectivity index (χ2v) is 14.1. The summed E-state index contributed by atoms with van der Waals surface area (Å²) in [4.78, 5) is 44.3. The van der Waals surface area contributed by atoms with Crippen LogP contribution in [0.15, 0.2) is 103 Å². The predicted molar refractivity (Wildman–Crippen MR) is 194 cm³/mol. The van der Waals surface area contributed by atoms with Gasteiger partial charge in [-0.2, -0.15) is 0 Å². The lowest BCUT2D eigenvalue weighted by Gasteiger charge is -2.35. The summed E-state index contributed by atoms with van der Waals surface area (Å²) < 4.78 is 4.79. The third-order valence-corrected chi connectivity index (χ3v) is 9.21. The molecular weight excluding hydrogens is 646 g/mol. The molecule has 51 heavy (non-hydrogen) atoms. The zero-order valence-corrected chi connectivity index (χ0v) is 29.5. The van der Waals surface area contributed by atoms with E-state index in [9.17, 15) is 24.6 Å². The molecule has 11 nitrogen and oxygen atoms in total. The van der Waals surface area contributed by atoms with Gasteiger partial charge < -0.3 is 25.6 Å². The van der Waals surface area contributed by atoms with Crippen molar-refractivity contribution in [3.05, 3.63) is 126 Å². The lowest BCUT2D eigenvalue weighted by Crippen LogP contribution is -2.58. The van der Waals surface area contributed by atoms with E-state index in [4.69, 9.17) is 4.74 Å². The Labute approximate surface area is 299 Å². The molecule has 1 aliphatic carbocycles. The largest absolute Gasteiger partial charge is 0.453 e. The molecule has 4 aromatic rings. The van der Waals surface area contributed by atoms with Crippen LogP contribution in [0, 0.1) is 5.41 Å². The summed E-state index contributed by atoms with van der Waals surface area (Å²) in [6.45, 7) is 5.77. The molecule has 11 heteroatoms. The average molecular weight is 694 g/mol. The zero-order chi connectivity index (χ0) is 36.6. The summed E-state index contributed by atoms with van der Waals surface area (Å²) in [5.41, 5.74) is 5.65. The second kappa shape index (κ2) is 16.3. The van der Waals surface area contributed by atoms with Crippen LogP contribution in [0.25, 0.3) is 11.1 Å². The van der Waals surface area contributed by atoms with E-state index >= 15 is 0 Å². The Bertz CT molecular complexity index is 1780. The van der Waals surface area contributed by atoms with Crippen LogP contribution in [-0.4, -0.2) is 69.5 Å². The Morgan fingerprint density at radius 3 is 2.29 bits per heavy atom. The topological polar surface area (TPSA) is 153 Å².